The fourth-order valence-electron chi connectivity index (χ4n) is 3.72. The van der Waals surface area contributed by atoms with Gasteiger partial charge in [-0.15, -0.1) is 0 Å². The molecule has 4 aromatic carbocycles. The second-order valence-electron chi connectivity index (χ2n) is 9.21. The maximum Gasteiger partial charge on any atom is 0.271 e. The van der Waals surface area contributed by atoms with E-state index in [0.717, 1.165) is 22.4 Å². The summed E-state index contributed by atoms with van der Waals surface area (Å²) in [5.41, 5.74) is 7.30. The van der Waals surface area contributed by atoms with Crippen LogP contribution < -0.4 is 25.0 Å². The third-order valence-corrected chi connectivity index (χ3v) is 6.44. The third kappa shape index (κ3) is 8.58. The molecule has 0 bridgehead atoms. The van der Waals surface area contributed by atoms with Crippen LogP contribution in [0.3, 0.4) is 0 Å². The topological polar surface area (TPSA) is 98.2 Å². The van der Waals surface area contributed by atoms with Crippen molar-refractivity contribution in [3.63, 3.8) is 0 Å². The Morgan fingerprint density at radius 2 is 1.63 bits per heavy atom. The van der Waals surface area contributed by atoms with Gasteiger partial charge >= 0.3 is 0 Å². The van der Waals surface area contributed by atoms with Gasteiger partial charge in [0, 0.05) is 16.3 Å². The molecule has 4 rings (SSSR count). The van der Waals surface area contributed by atoms with Crippen molar-refractivity contribution in [3.8, 4) is 17.2 Å². The molecule has 0 fully saturated rings. The Balaban J connectivity index is 1.26. The number of carbonyl (C=O) groups excluding carboxylic acids is 2. The second-order valence-corrected chi connectivity index (χ2v) is 9.62. The molecule has 0 aliphatic carbocycles. The van der Waals surface area contributed by atoms with Crippen molar-refractivity contribution >= 4 is 35.3 Å². The summed E-state index contributed by atoms with van der Waals surface area (Å²) in [4.78, 5) is 24.8. The molecule has 8 nitrogen and oxygen atoms in total. The highest BCUT2D eigenvalue weighted by Crippen LogP contribution is 2.27. The van der Waals surface area contributed by atoms with E-state index in [1.807, 2.05) is 62.4 Å². The average molecular weight is 572 g/mol. The Hall–Kier alpha value is -4.82. The van der Waals surface area contributed by atoms with Gasteiger partial charge in [0.25, 0.3) is 11.8 Å². The Labute approximate surface area is 243 Å². The number of ether oxygens (including phenoxy) is 3. The Kier molecular flexibility index (Phi) is 9.96. The molecule has 0 spiro atoms. The molecule has 2 N–H and O–H groups in total. The molecule has 0 aromatic heterocycles. The Bertz CT molecular complexity index is 1540. The monoisotopic (exact) mass is 571 g/mol. The highest BCUT2D eigenvalue weighted by Gasteiger charge is 2.10. The van der Waals surface area contributed by atoms with Crippen LogP contribution in [0.2, 0.25) is 5.02 Å². The number of amides is 2. The number of hydrazone groups is 1. The van der Waals surface area contributed by atoms with Crippen LogP contribution in [0.4, 0.5) is 5.69 Å². The first kappa shape index (κ1) is 29.2. The predicted octanol–water partition coefficient (Wildman–Crippen LogP) is 6.33. The lowest BCUT2D eigenvalue weighted by Gasteiger charge is -2.11. The minimum Gasteiger partial charge on any atom is -0.493 e. The Morgan fingerprint density at radius 3 is 2.34 bits per heavy atom. The molecule has 210 valence electrons. The normalized spacial score (nSPS) is 10.7. The van der Waals surface area contributed by atoms with Gasteiger partial charge in [-0.1, -0.05) is 41.4 Å². The van der Waals surface area contributed by atoms with Gasteiger partial charge in [-0.05, 0) is 91.2 Å². The van der Waals surface area contributed by atoms with E-state index in [9.17, 15) is 9.59 Å². The lowest BCUT2D eigenvalue weighted by Crippen LogP contribution is -2.20. The van der Waals surface area contributed by atoms with Crippen LogP contribution in [-0.4, -0.2) is 31.7 Å². The zero-order valence-corrected chi connectivity index (χ0v) is 23.7. The SMILES string of the molecule is COc1cc(/C=N/NC(=O)c2ccc(COc3ccc(Cl)c(C)c3)cc2)ccc1OCC(=O)Nc1ccc(C)cc1. The van der Waals surface area contributed by atoms with Crippen molar-refractivity contribution in [1.29, 1.82) is 0 Å². The van der Waals surface area contributed by atoms with E-state index in [4.69, 9.17) is 25.8 Å². The first-order valence-corrected chi connectivity index (χ1v) is 13.2. The van der Waals surface area contributed by atoms with Crippen molar-refractivity contribution in [1.82, 2.24) is 5.43 Å². The number of methoxy groups -OCH3 is 1. The van der Waals surface area contributed by atoms with Gasteiger partial charge in [-0.3, -0.25) is 9.59 Å². The summed E-state index contributed by atoms with van der Waals surface area (Å²) in [7, 11) is 1.50. The lowest BCUT2D eigenvalue weighted by molar-refractivity contribution is -0.118. The smallest absolute Gasteiger partial charge is 0.271 e. The van der Waals surface area contributed by atoms with Crippen LogP contribution in [0.1, 0.15) is 32.6 Å². The van der Waals surface area contributed by atoms with Gasteiger partial charge in [-0.25, -0.2) is 5.43 Å². The molecule has 0 radical (unpaired) electrons. The van der Waals surface area contributed by atoms with Crippen LogP contribution in [0.5, 0.6) is 17.2 Å². The van der Waals surface area contributed by atoms with Crippen LogP contribution in [-0.2, 0) is 11.4 Å². The second kappa shape index (κ2) is 14.0. The van der Waals surface area contributed by atoms with Crippen LogP contribution in [0.25, 0.3) is 0 Å². The van der Waals surface area contributed by atoms with E-state index in [2.05, 4.69) is 15.8 Å². The average Bonchev–Trinajstić information content (AvgIpc) is 2.98. The first-order chi connectivity index (χ1) is 19.8. The van der Waals surface area contributed by atoms with E-state index in [0.29, 0.717) is 39.9 Å². The lowest BCUT2D eigenvalue weighted by atomic mass is 10.1. The highest BCUT2D eigenvalue weighted by molar-refractivity contribution is 6.31. The van der Waals surface area contributed by atoms with Crippen molar-refractivity contribution in [3.05, 3.63) is 118 Å². The van der Waals surface area contributed by atoms with E-state index >= 15 is 0 Å². The number of nitrogens with zero attached hydrogens (tertiary/aromatic N) is 1. The largest absolute Gasteiger partial charge is 0.493 e. The summed E-state index contributed by atoms with van der Waals surface area (Å²) in [6.45, 7) is 4.08. The summed E-state index contributed by atoms with van der Waals surface area (Å²) < 4.78 is 16.8. The fourth-order valence-corrected chi connectivity index (χ4v) is 3.83. The molecule has 4 aromatic rings. The molecule has 41 heavy (non-hydrogen) atoms. The number of rotatable bonds is 11. The van der Waals surface area contributed by atoms with Gasteiger partial charge in [0.2, 0.25) is 0 Å². The number of carbonyl (C=O) groups is 2. The van der Waals surface area contributed by atoms with Gasteiger partial charge in [0.15, 0.2) is 18.1 Å². The maximum absolute atomic E-state index is 12.5. The van der Waals surface area contributed by atoms with E-state index in [1.54, 1.807) is 36.4 Å². The number of hydrogen-bond donors (Lipinski definition) is 2. The quantitative estimate of drug-likeness (QED) is 0.162. The number of anilines is 1. The summed E-state index contributed by atoms with van der Waals surface area (Å²) in [6.07, 6.45) is 1.49. The fraction of sp³-hybridized carbons (Fsp3) is 0.156. The van der Waals surface area contributed by atoms with Crippen molar-refractivity contribution in [2.24, 2.45) is 5.10 Å². The third-order valence-electron chi connectivity index (χ3n) is 6.01. The number of nitrogens with one attached hydrogen (secondary N) is 2. The van der Waals surface area contributed by atoms with Crippen LogP contribution in [0.15, 0.2) is 90.0 Å². The molecule has 0 saturated carbocycles. The van der Waals surface area contributed by atoms with Crippen LogP contribution >= 0.6 is 11.6 Å². The molecule has 9 heteroatoms. The minimum absolute atomic E-state index is 0.181. The van der Waals surface area contributed by atoms with Crippen molar-refractivity contribution in [2.45, 2.75) is 20.5 Å². The summed E-state index contributed by atoms with van der Waals surface area (Å²) >= 11 is 6.05. The number of halogens is 1. The summed E-state index contributed by atoms with van der Waals surface area (Å²) in [6, 6.07) is 25.2. The maximum atomic E-state index is 12.5. The van der Waals surface area contributed by atoms with Gasteiger partial charge in [-0.2, -0.15) is 5.10 Å². The van der Waals surface area contributed by atoms with Gasteiger partial charge in [0.05, 0.1) is 13.3 Å². The molecule has 0 saturated heterocycles. The van der Waals surface area contributed by atoms with Crippen LogP contribution in [0, 0.1) is 13.8 Å². The zero-order valence-electron chi connectivity index (χ0n) is 22.9. The zero-order chi connectivity index (χ0) is 29.2. The first-order valence-electron chi connectivity index (χ1n) is 12.8. The molecule has 0 unspecified atom stereocenters. The highest BCUT2D eigenvalue weighted by atomic mass is 35.5. The predicted molar refractivity (Wildman–Crippen MR) is 160 cm³/mol. The Morgan fingerprint density at radius 1 is 0.878 bits per heavy atom. The molecule has 0 heterocycles. The molecule has 0 atom stereocenters. The minimum atomic E-state index is -0.353. The summed E-state index contributed by atoms with van der Waals surface area (Å²) in [5, 5.41) is 7.52. The number of benzene rings is 4. The van der Waals surface area contributed by atoms with E-state index in [1.165, 1.54) is 13.3 Å². The molecular formula is C32H30ClN3O5. The van der Waals surface area contributed by atoms with Crippen molar-refractivity contribution < 1.29 is 23.8 Å². The van der Waals surface area contributed by atoms with E-state index in [-0.39, 0.29) is 18.4 Å². The van der Waals surface area contributed by atoms with Crippen molar-refractivity contribution in [2.75, 3.05) is 19.0 Å². The summed E-state index contributed by atoms with van der Waals surface area (Å²) in [5.74, 6) is 0.913. The molecule has 0 aliphatic heterocycles. The molecular weight excluding hydrogens is 542 g/mol. The molecule has 0 aliphatic rings. The standard InChI is InChI=1S/C32H30ClN3O5/c1-21-4-11-26(12-5-21)35-31(37)20-41-29-15-8-24(17-30(29)39-3)18-34-36-32(38)25-9-6-23(7-10-25)19-40-27-13-14-28(33)22(2)16-27/h4-18H,19-20H2,1-3H3,(H,35,37)(H,36,38)/b34-18+. The van der Waals surface area contributed by atoms with E-state index < -0.39 is 0 Å². The molecule has 2 amide bonds. The van der Waals surface area contributed by atoms with Gasteiger partial charge in [0.1, 0.15) is 12.4 Å². The number of aryl methyl sites for hydroxylation is 2. The number of hydrogen-bond acceptors (Lipinski definition) is 6. The van der Waals surface area contributed by atoms with Gasteiger partial charge < -0.3 is 19.5 Å².